The Bertz CT molecular complexity index is 861. The predicted octanol–water partition coefficient (Wildman–Crippen LogP) is 3.23. The molecule has 0 saturated carbocycles. The van der Waals surface area contributed by atoms with Gasteiger partial charge in [0.25, 0.3) is 5.91 Å². The minimum absolute atomic E-state index is 0.214. The summed E-state index contributed by atoms with van der Waals surface area (Å²) >= 11 is 0. The van der Waals surface area contributed by atoms with E-state index < -0.39 is 30.6 Å². The summed E-state index contributed by atoms with van der Waals surface area (Å²) in [6, 6.07) is 16.6. The average molecular weight is 471 g/mol. The van der Waals surface area contributed by atoms with Crippen molar-refractivity contribution in [3.05, 3.63) is 60.2 Å². The monoisotopic (exact) mass is 470 g/mol. The Morgan fingerprint density at radius 1 is 1.12 bits per heavy atom. The lowest BCUT2D eigenvalue weighted by molar-refractivity contribution is -0.241. The number of amides is 1. The van der Waals surface area contributed by atoms with E-state index in [-0.39, 0.29) is 25.3 Å². The van der Waals surface area contributed by atoms with E-state index >= 15 is 0 Å². The molecule has 3 rings (SSSR count). The van der Waals surface area contributed by atoms with Crippen molar-refractivity contribution < 1.29 is 24.5 Å². The molecule has 1 aliphatic rings. The largest absolute Gasteiger partial charge is 0.391 e. The summed E-state index contributed by atoms with van der Waals surface area (Å²) in [6.45, 7) is 2.96. The fraction of sp³-hybridized carbons (Fsp3) is 0.519. The highest BCUT2D eigenvalue weighted by molar-refractivity contribution is 5.94. The molecule has 186 valence electrons. The number of ether oxygens (including phenoxy) is 2. The Labute approximate surface area is 202 Å². The van der Waals surface area contributed by atoms with Gasteiger partial charge in [-0.25, -0.2) is 0 Å². The van der Waals surface area contributed by atoms with Crippen LogP contribution in [0.4, 0.5) is 0 Å². The number of rotatable bonds is 12. The van der Waals surface area contributed by atoms with E-state index in [9.17, 15) is 15.0 Å². The first-order valence-electron chi connectivity index (χ1n) is 12.3. The van der Waals surface area contributed by atoms with Gasteiger partial charge < -0.3 is 30.7 Å². The topological polar surface area (TPSA) is 114 Å². The maximum atomic E-state index is 12.5. The molecule has 7 heteroatoms. The van der Waals surface area contributed by atoms with E-state index in [0.717, 1.165) is 36.8 Å². The second-order valence-corrected chi connectivity index (χ2v) is 8.90. The van der Waals surface area contributed by atoms with Crippen LogP contribution in [0.25, 0.3) is 11.1 Å². The number of nitrogens with one attached hydrogen (secondary N) is 1. The number of benzene rings is 2. The number of hydrogen-bond donors (Lipinski definition) is 4. The van der Waals surface area contributed by atoms with Gasteiger partial charge in [0, 0.05) is 25.1 Å². The first-order valence-corrected chi connectivity index (χ1v) is 12.3. The zero-order valence-corrected chi connectivity index (χ0v) is 19.9. The molecule has 0 radical (unpaired) electrons. The van der Waals surface area contributed by atoms with Crippen LogP contribution >= 0.6 is 0 Å². The van der Waals surface area contributed by atoms with Crippen LogP contribution in [0.3, 0.4) is 0 Å². The van der Waals surface area contributed by atoms with Crippen LogP contribution in [0.5, 0.6) is 0 Å². The number of hydrogen-bond acceptors (Lipinski definition) is 6. The highest BCUT2D eigenvalue weighted by Gasteiger charge is 2.39. The number of aliphatic hydroxyl groups excluding tert-OH is 2. The molecule has 0 spiro atoms. The second kappa shape index (κ2) is 13.6. The van der Waals surface area contributed by atoms with Crippen molar-refractivity contribution >= 4 is 5.91 Å². The molecule has 1 fully saturated rings. The smallest absolute Gasteiger partial charge is 0.251 e. The molecule has 1 amide bonds. The first kappa shape index (κ1) is 26.3. The van der Waals surface area contributed by atoms with Crippen molar-refractivity contribution in [3.8, 4) is 11.1 Å². The van der Waals surface area contributed by atoms with Gasteiger partial charge in [-0.2, -0.15) is 0 Å². The van der Waals surface area contributed by atoms with Crippen LogP contribution in [-0.4, -0.2) is 59.9 Å². The molecule has 5 atom stereocenters. The van der Waals surface area contributed by atoms with Gasteiger partial charge in [-0.05, 0) is 36.1 Å². The molecular weight excluding hydrogens is 432 g/mol. The maximum absolute atomic E-state index is 12.5. The van der Waals surface area contributed by atoms with Gasteiger partial charge in [0.1, 0.15) is 6.10 Å². The van der Waals surface area contributed by atoms with Crippen LogP contribution in [0, 0.1) is 0 Å². The quantitative estimate of drug-likeness (QED) is 0.354. The summed E-state index contributed by atoms with van der Waals surface area (Å²) in [4.78, 5) is 12.5. The second-order valence-electron chi connectivity index (χ2n) is 8.90. The number of carbonyl (C=O) groups is 1. The highest BCUT2D eigenvalue weighted by Crippen LogP contribution is 2.24. The van der Waals surface area contributed by atoms with Crippen LogP contribution in [0.15, 0.2) is 54.6 Å². The Morgan fingerprint density at radius 3 is 2.53 bits per heavy atom. The normalized spacial score (nSPS) is 23.4. The Balaban J connectivity index is 1.44. The zero-order valence-electron chi connectivity index (χ0n) is 19.9. The minimum Gasteiger partial charge on any atom is -0.391 e. The molecule has 0 bridgehead atoms. The summed E-state index contributed by atoms with van der Waals surface area (Å²) in [5.41, 5.74) is 8.76. The number of unbranched alkanes of at least 4 members (excludes halogenated alkanes) is 3. The third kappa shape index (κ3) is 7.61. The molecule has 1 saturated heterocycles. The van der Waals surface area contributed by atoms with Crippen molar-refractivity contribution in [2.24, 2.45) is 5.73 Å². The third-order valence-corrected chi connectivity index (χ3v) is 6.23. The molecular formula is C27H38N2O5. The molecule has 34 heavy (non-hydrogen) atoms. The Hall–Kier alpha value is -2.29. The SMILES string of the molecule is CCCCCCOC1CC(O)[C@@H](N)C(C(O)CCNC(=O)c2ccc(-c3ccccc3)cc2)O1. The van der Waals surface area contributed by atoms with Gasteiger partial charge in [0.15, 0.2) is 6.29 Å². The van der Waals surface area contributed by atoms with E-state index in [0.29, 0.717) is 12.2 Å². The highest BCUT2D eigenvalue weighted by atomic mass is 16.7. The van der Waals surface area contributed by atoms with Crippen molar-refractivity contribution in [1.82, 2.24) is 5.32 Å². The molecule has 7 nitrogen and oxygen atoms in total. The van der Waals surface area contributed by atoms with Gasteiger partial charge >= 0.3 is 0 Å². The number of carbonyl (C=O) groups excluding carboxylic acids is 1. The van der Waals surface area contributed by atoms with Crippen LogP contribution in [0.2, 0.25) is 0 Å². The Morgan fingerprint density at radius 2 is 1.82 bits per heavy atom. The molecule has 0 aliphatic carbocycles. The first-order chi connectivity index (χ1) is 16.5. The molecule has 1 aliphatic heterocycles. The molecule has 0 aromatic heterocycles. The molecule has 1 heterocycles. The lowest BCUT2D eigenvalue weighted by Crippen LogP contribution is -2.58. The van der Waals surface area contributed by atoms with Crippen molar-refractivity contribution in [2.45, 2.75) is 76.1 Å². The summed E-state index contributed by atoms with van der Waals surface area (Å²) in [5.74, 6) is -0.214. The van der Waals surface area contributed by atoms with Crippen molar-refractivity contribution in [3.63, 3.8) is 0 Å². The molecule has 2 aromatic carbocycles. The number of aliphatic hydroxyl groups is 2. The van der Waals surface area contributed by atoms with Crippen LogP contribution < -0.4 is 11.1 Å². The van der Waals surface area contributed by atoms with Crippen molar-refractivity contribution in [1.29, 1.82) is 0 Å². The van der Waals surface area contributed by atoms with Crippen LogP contribution in [0.1, 0.15) is 55.8 Å². The fourth-order valence-electron chi connectivity index (χ4n) is 4.14. The lowest BCUT2D eigenvalue weighted by Gasteiger charge is -2.39. The standard InChI is InChI=1S/C27H38N2O5/c1-2-3-4-8-17-33-24-18-23(31)25(28)26(34-24)22(30)15-16-29-27(32)21-13-11-20(12-14-21)19-9-6-5-7-10-19/h5-7,9-14,22-26,30-31H,2-4,8,15-18,28H2,1H3,(H,29,32)/t22?,23?,24?,25-,26?/m1/s1. The van der Waals surface area contributed by atoms with E-state index in [4.69, 9.17) is 15.2 Å². The van der Waals surface area contributed by atoms with Crippen LogP contribution in [-0.2, 0) is 9.47 Å². The Kier molecular flexibility index (Phi) is 10.5. The van der Waals surface area contributed by atoms with Gasteiger partial charge in [0.05, 0.1) is 18.2 Å². The summed E-state index contributed by atoms with van der Waals surface area (Å²) in [7, 11) is 0. The van der Waals surface area contributed by atoms with E-state index in [1.54, 1.807) is 12.1 Å². The van der Waals surface area contributed by atoms with E-state index in [1.165, 1.54) is 0 Å². The lowest BCUT2D eigenvalue weighted by atomic mass is 9.94. The van der Waals surface area contributed by atoms with E-state index in [1.807, 2.05) is 42.5 Å². The fourth-order valence-corrected chi connectivity index (χ4v) is 4.14. The summed E-state index contributed by atoms with van der Waals surface area (Å²) in [6.07, 6.45) is 1.77. The van der Waals surface area contributed by atoms with Gasteiger partial charge in [-0.3, -0.25) is 4.79 Å². The molecule has 5 N–H and O–H groups in total. The zero-order chi connectivity index (χ0) is 24.3. The molecule has 4 unspecified atom stereocenters. The van der Waals surface area contributed by atoms with Gasteiger partial charge in [-0.1, -0.05) is 68.7 Å². The third-order valence-electron chi connectivity index (χ3n) is 6.23. The van der Waals surface area contributed by atoms with Gasteiger partial charge in [0.2, 0.25) is 0 Å². The number of nitrogens with two attached hydrogens (primary N) is 1. The molecule has 2 aromatic rings. The summed E-state index contributed by atoms with van der Waals surface area (Å²) < 4.78 is 11.6. The van der Waals surface area contributed by atoms with Crippen molar-refractivity contribution in [2.75, 3.05) is 13.2 Å². The minimum atomic E-state index is -0.933. The van der Waals surface area contributed by atoms with Gasteiger partial charge in [-0.15, -0.1) is 0 Å². The predicted molar refractivity (Wildman–Crippen MR) is 132 cm³/mol. The maximum Gasteiger partial charge on any atom is 0.251 e. The average Bonchev–Trinajstić information content (AvgIpc) is 2.86. The van der Waals surface area contributed by atoms with E-state index in [2.05, 4.69) is 12.2 Å². The summed E-state index contributed by atoms with van der Waals surface area (Å²) in [5, 5.41) is 23.8.